The van der Waals surface area contributed by atoms with Crippen molar-refractivity contribution >= 4 is 11.1 Å². The largest absolute Gasteiger partial charge is 0.440 e. The molecule has 2 rings (SSSR count). The van der Waals surface area contributed by atoms with Crippen LogP contribution in [0.1, 0.15) is 38.1 Å². The SMILES string of the molecule is CCc1nc2c(F)ccc(C(C)C)c2o1. The topological polar surface area (TPSA) is 26.0 Å². The van der Waals surface area contributed by atoms with E-state index in [0.29, 0.717) is 29.3 Å². The fourth-order valence-electron chi connectivity index (χ4n) is 1.65. The van der Waals surface area contributed by atoms with Gasteiger partial charge in [0.2, 0.25) is 0 Å². The molecule has 1 heterocycles. The van der Waals surface area contributed by atoms with Gasteiger partial charge in [-0.15, -0.1) is 0 Å². The first-order valence-electron chi connectivity index (χ1n) is 5.21. The highest BCUT2D eigenvalue weighted by atomic mass is 19.1. The summed E-state index contributed by atoms with van der Waals surface area (Å²) in [5.41, 5.74) is 1.97. The lowest BCUT2D eigenvalue weighted by atomic mass is 10.0. The van der Waals surface area contributed by atoms with E-state index in [4.69, 9.17) is 4.42 Å². The van der Waals surface area contributed by atoms with E-state index >= 15 is 0 Å². The second kappa shape index (κ2) is 3.65. The van der Waals surface area contributed by atoms with E-state index in [1.807, 2.05) is 6.92 Å². The normalized spacial score (nSPS) is 11.5. The highest BCUT2D eigenvalue weighted by Gasteiger charge is 2.14. The quantitative estimate of drug-likeness (QED) is 0.751. The molecule has 1 aromatic heterocycles. The maximum atomic E-state index is 13.5. The Morgan fingerprint density at radius 3 is 2.73 bits per heavy atom. The van der Waals surface area contributed by atoms with Gasteiger partial charge in [-0.1, -0.05) is 26.8 Å². The highest BCUT2D eigenvalue weighted by Crippen LogP contribution is 2.28. The Kier molecular flexibility index (Phi) is 2.47. The molecular formula is C12H14FNO. The zero-order valence-electron chi connectivity index (χ0n) is 9.17. The Bertz CT molecular complexity index is 488. The summed E-state index contributed by atoms with van der Waals surface area (Å²) in [7, 11) is 0. The van der Waals surface area contributed by atoms with Crippen LogP contribution >= 0.6 is 0 Å². The van der Waals surface area contributed by atoms with Gasteiger partial charge in [-0.3, -0.25) is 0 Å². The van der Waals surface area contributed by atoms with Crippen LogP contribution in [-0.4, -0.2) is 4.98 Å². The maximum Gasteiger partial charge on any atom is 0.195 e. The number of nitrogens with zero attached hydrogens (tertiary/aromatic N) is 1. The molecule has 2 aromatic rings. The molecule has 1 aromatic carbocycles. The summed E-state index contributed by atoms with van der Waals surface area (Å²) in [6, 6.07) is 3.23. The van der Waals surface area contributed by atoms with Crippen molar-refractivity contribution in [3.05, 3.63) is 29.4 Å². The van der Waals surface area contributed by atoms with Crippen LogP contribution in [0.25, 0.3) is 11.1 Å². The van der Waals surface area contributed by atoms with E-state index < -0.39 is 0 Å². The first-order chi connectivity index (χ1) is 7.13. The third kappa shape index (κ3) is 1.62. The van der Waals surface area contributed by atoms with Crippen molar-refractivity contribution in [2.24, 2.45) is 0 Å². The second-order valence-corrected chi connectivity index (χ2v) is 3.93. The Labute approximate surface area is 88.1 Å². The minimum absolute atomic E-state index is 0.308. The molecule has 0 aliphatic heterocycles. The predicted octanol–water partition coefficient (Wildman–Crippen LogP) is 3.65. The van der Waals surface area contributed by atoms with Gasteiger partial charge in [0.25, 0.3) is 0 Å². The van der Waals surface area contributed by atoms with Crippen molar-refractivity contribution in [3.63, 3.8) is 0 Å². The molecule has 0 saturated carbocycles. The molecule has 0 saturated heterocycles. The number of aromatic nitrogens is 1. The van der Waals surface area contributed by atoms with Crippen LogP contribution in [0.5, 0.6) is 0 Å². The predicted molar refractivity (Wildman–Crippen MR) is 57.4 cm³/mol. The highest BCUT2D eigenvalue weighted by molar-refractivity contribution is 5.77. The van der Waals surface area contributed by atoms with Crippen molar-refractivity contribution in [2.75, 3.05) is 0 Å². The van der Waals surface area contributed by atoms with Crippen molar-refractivity contribution in [1.82, 2.24) is 4.98 Å². The monoisotopic (exact) mass is 207 g/mol. The van der Waals surface area contributed by atoms with Crippen LogP contribution in [0, 0.1) is 5.82 Å². The van der Waals surface area contributed by atoms with E-state index in [1.54, 1.807) is 6.07 Å². The van der Waals surface area contributed by atoms with Gasteiger partial charge in [0, 0.05) is 6.42 Å². The molecule has 0 radical (unpaired) electrons. The third-order valence-corrected chi connectivity index (χ3v) is 2.49. The first-order valence-corrected chi connectivity index (χ1v) is 5.21. The van der Waals surface area contributed by atoms with Crippen LogP contribution in [0.4, 0.5) is 4.39 Å². The van der Waals surface area contributed by atoms with Gasteiger partial charge in [-0.25, -0.2) is 9.37 Å². The summed E-state index contributed by atoms with van der Waals surface area (Å²) in [6.07, 6.45) is 0.686. The van der Waals surface area contributed by atoms with Gasteiger partial charge in [-0.2, -0.15) is 0 Å². The Morgan fingerprint density at radius 1 is 1.40 bits per heavy atom. The lowest BCUT2D eigenvalue weighted by molar-refractivity contribution is 0.533. The zero-order valence-corrected chi connectivity index (χ0v) is 9.17. The fraction of sp³-hybridized carbons (Fsp3) is 0.417. The van der Waals surface area contributed by atoms with Crippen LogP contribution in [0.3, 0.4) is 0 Å². The van der Waals surface area contributed by atoms with Gasteiger partial charge in [0.05, 0.1) is 0 Å². The minimum atomic E-state index is -0.308. The molecule has 15 heavy (non-hydrogen) atoms. The minimum Gasteiger partial charge on any atom is -0.440 e. The molecule has 0 amide bonds. The average molecular weight is 207 g/mol. The first kappa shape index (κ1) is 10.1. The van der Waals surface area contributed by atoms with E-state index in [0.717, 1.165) is 5.56 Å². The molecule has 0 bridgehead atoms. The molecular weight excluding hydrogens is 193 g/mol. The molecule has 80 valence electrons. The molecule has 0 N–H and O–H groups in total. The van der Waals surface area contributed by atoms with E-state index in [9.17, 15) is 4.39 Å². The summed E-state index contributed by atoms with van der Waals surface area (Å²) in [6.45, 7) is 6.05. The summed E-state index contributed by atoms with van der Waals surface area (Å²) in [5, 5.41) is 0. The van der Waals surface area contributed by atoms with Crippen molar-refractivity contribution in [3.8, 4) is 0 Å². The van der Waals surface area contributed by atoms with Crippen LogP contribution in [0.15, 0.2) is 16.5 Å². The lowest BCUT2D eigenvalue weighted by Crippen LogP contribution is -1.89. The third-order valence-electron chi connectivity index (χ3n) is 2.49. The summed E-state index contributed by atoms with van der Waals surface area (Å²) >= 11 is 0. The number of benzene rings is 1. The number of oxazole rings is 1. The second-order valence-electron chi connectivity index (χ2n) is 3.93. The number of fused-ring (bicyclic) bond motifs is 1. The number of rotatable bonds is 2. The zero-order chi connectivity index (χ0) is 11.0. The summed E-state index contributed by atoms with van der Waals surface area (Å²) in [5.74, 6) is 0.598. The van der Waals surface area contributed by atoms with Crippen molar-refractivity contribution in [1.29, 1.82) is 0 Å². The van der Waals surface area contributed by atoms with Gasteiger partial charge < -0.3 is 4.42 Å². The van der Waals surface area contributed by atoms with Gasteiger partial charge >= 0.3 is 0 Å². The molecule has 2 nitrogen and oxygen atoms in total. The molecule has 0 atom stereocenters. The lowest BCUT2D eigenvalue weighted by Gasteiger charge is -2.04. The van der Waals surface area contributed by atoms with Crippen LogP contribution < -0.4 is 0 Å². The van der Waals surface area contributed by atoms with Gasteiger partial charge in [0.1, 0.15) is 5.52 Å². The fourth-order valence-corrected chi connectivity index (χ4v) is 1.65. The van der Waals surface area contributed by atoms with E-state index in [1.165, 1.54) is 6.07 Å². The standard InChI is InChI=1S/C12H14FNO/c1-4-10-14-11-9(13)6-5-8(7(2)3)12(11)15-10/h5-7H,4H2,1-3H3. The Balaban J connectivity index is 2.74. The van der Waals surface area contributed by atoms with Crippen molar-refractivity contribution in [2.45, 2.75) is 33.1 Å². The molecule has 0 spiro atoms. The Morgan fingerprint density at radius 2 is 2.13 bits per heavy atom. The summed E-state index contributed by atoms with van der Waals surface area (Å²) in [4.78, 5) is 4.13. The number of halogens is 1. The van der Waals surface area contributed by atoms with Crippen LogP contribution in [0.2, 0.25) is 0 Å². The smallest absolute Gasteiger partial charge is 0.195 e. The molecule has 0 aliphatic carbocycles. The summed E-state index contributed by atoms with van der Waals surface area (Å²) < 4.78 is 19.0. The van der Waals surface area contributed by atoms with Crippen molar-refractivity contribution < 1.29 is 8.81 Å². The number of hydrogen-bond donors (Lipinski definition) is 0. The van der Waals surface area contributed by atoms with Crippen LogP contribution in [-0.2, 0) is 6.42 Å². The van der Waals surface area contributed by atoms with E-state index in [2.05, 4.69) is 18.8 Å². The van der Waals surface area contributed by atoms with E-state index in [-0.39, 0.29) is 5.82 Å². The molecule has 0 unspecified atom stereocenters. The van der Waals surface area contributed by atoms with Gasteiger partial charge in [0.15, 0.2) is 17.3 Å². The number of aryl methyl sites for hydroxylation is 1. The number of hydrogen-bond acceptors (Lipinski definition) is 2. The molecule has 3 heteroatoms. The molecule has 0 fully saturated rings. The van der Waals surface area contributed by atoms with Gasteiger partial charge in [-0.05, 0) is 17.5 Å². The molecule has 0 aliphatic rings. The average Bonchev–Trinajstić information content (AvgIpc) is 2.62. The maximum absolute atomic E-state index is 13.5. The Hall–Kier alpha value is -1.38.